The third-order valence-corrected chi connectivity index (χ3v) is 6.30. The van der Waals surface area contributed by atoms with Gasteiger partial charge in [-0.3, -0.25) is 14.9 Å². The first-order valence-electron chi connectivity index (χ1n) is 7.33. The maximum absolute atomic E-state index is 13.0. The SMILES string of the molecule is Cc1ccc(C2[NH+]([O-])c3cc4c(cc3C2(Br)Br)C(=O)NC4=O)cc1. The Hall–Kier alpha value is -1.54. The Morgan fingerprint density at radius 1 is 1.08 bits per heavy atom. The first-order chi connectivity index (χ1) is 11.3. The third kappa shape index (κ3) is 2.12. The van der Waals surface area contributed by atoms with Gasteiger partial charge in [0.2, 0.25) is 0 Å². The van der Waals surface area contributed by atoms with Crippen LogP contribution in [0.25, 0.3) is 0 Å². The second kappa shape index (κ2) is 5.23. The molecule has 2 heterocycles. The van der Waals surface area contributed by atoms with Crippen molar-refractivity contribution in [2.45, 2.75) is 16.2 Å². The third-order valence-electron chi connectivity index (χ3n) is 4.53. The van der Waals surface area contributed by atoms with Crippen molar-refractivity contribution in [3.8, 4) is 0 Å². The van der Waals surface area contributed by atoms with Crippen LogP contribution in [0.4, 0.5) is 5.69 Å². The summed E-state index contributed by atoms with van der Waals surface area (Å²) in [6.45, 7) is 1.99. The number of rotatable bonds is 1. The molecule has 0 radical (unpaired) electrons. The van der Waals surface area contributed by atoms with Crippen LogP contribution in [0.1, 0.15) is 43.4 Å². The second-order valence-electron chi connectivity index (χ2n) is 6.06. The summed E-state index contributed by atoms with van der Waals surface area (Å²) in [6, 6.07) is 10.4. The van der Waals surface area contributed by atoms with Crippen molar-refractivity contribution >= 4 is 49.4 Å². The van der Waals surface area contributed by atoms with Gasteiger partial charge in [0, 0.05) is 17.2 Å². The number of imide groups is 1. The van der Waals surface area contributed by atoms with Gasteiger partial charge < -0.3 is 10.3 Å². The number of alkyl halides is 2. The molecule has 0 bridgehead atoms. The molecule has 0 aliphatic carbocycles. The van der Waals surface area contributed by atoms with E-state index in [0.29, 0.717) is 16.8 Å². The molecule has 2 aromatic carbocycles. The van der Waals surface area contributed by atoms with E-state index in [4.69, 9.17) is 0 Å². The molecule has 24 heavy (non-hydrogen) atoms. The van der Waals surface area contributed by atoms with Crippen molar-refractivity contribution in [2.75, 3.05) is 0 Å². The zero-order valence-corrected chi connectivity index (χ0v) is 15.7. The van der Waals surface area contributed by atoms with E-state index in [1.165, 1.54) is 6.07 Å². The number of hydrogen-bond acceptors (Lipinski definition) is 3. The maximum Gasteiger partial charge on any atom is 0.259 e. The molecule has 2 aromatic rings. The Kier molecular flexibility index (Phi) is 3.47. The van der Waals surface area contributed by atoms with E-state index in [1.807, 2.05) is 31.2 Å². The minimum Gasteiger partial charge on any atom is -0.628 e. The molecule has 2 aliphatic rings. The molecule has 2 aliphatic heterocycles. The van der Waals surface area contributed by atoms with Crippen LogP contribution in [0.2, 0.25) is 0 Å². The molecule has 5 nitrogen and oxygen atoms in total. The van der Waals surface area contributed by atoms with E-state index >= 15 is 0 Å². The van der Waals surface area contributed by atoms with Crippen LogP contribution in [-0.4, -0.2) is 11.8 Å². The lowest BCUT2D eigenvalue weighted by Gasteiger charge is -2.30. The van der Waals surface area contributed by atoms with Crippen molar-refractivity contribution in [3.05, 3.63) is 69.4 Å². The molecule has 2 atom stereocenters. The predicted molar refractivity (Wildman–Crippen MR) is 95.7 cm³/mol. The van der Waals surface area contributed by atoms with Crippen molar-refractivity contribution in [1.82, 2.24) is 5.32 Å². The molecule has 0 saturated carbocycles. The lowest BCUT2D eigenvalue weighted by molar-refractivity contribution is -0.807. The zero-order chi connectivity index (χ0) is 17.2. The minimum atomic E-state index is -0.817. The van der Waals surface area contributed by atoms with Crippen LogP contribution in [0, 0.1) is 12.1 Å². The van der Waals surface area contributed by atoms with Crippen LogP contribution in [-0.2, 0) is 3.23 Å². The lowest BCUT2D eigenvalue weighted by atomic mass is 9.99. The number of carbonyl (C=O) groups is 2. The fourth-order valence-electron chi connectivity index (χ4n) is 3.29. The molecule has 2 N–H and O–H groups in total. The quantitative estimate of drug-likeness (QED) is 0.397. The van der Waals surface area contributed by atoms with E-state index in [0.717, 1.165) is 11.1 Å². The fraction of sp³-hybridized carbons (Fsp3) is 0.176. The number of benzene rings is 2. The molecule has 2 amide bonds. The summed E-state index contributed by atoms with van der Waals surface area (Å²) >= 11 is 7.25. The highest BCUT2D eigenvalue weighted by atomic mass is 79.9. The number of amides is 2. The monoisotopic (exact) mass is 450 g/mol. The van der Waals surface area contributed by atoms with Crippen molar-refractivity contribution in [3.63, 3.8) is 0 Å². The van der Waals surface area contributed by atoms with E-state index in [2.05, 4.69) is 37.2 Å². The topological polar surface area (TPSA) is 73.7 Å². The molecular weight excluding hydrogens is 440 g/mol. The van der Waals surface area contributed by atoms with E-state index < -0.39 is 21.1 Å². The average Bonchev–Trinajstić information content (AvgIpc) is 2.92. The smallest absolute Gasteiger partial charge is 0.259 e. The lowest BCUT2D eigenvalue weighted by Crippen LogP contribution is -3.01. The number of hydrogen-bond donors (Lipinski definition) is 2. The molecule has 0 aromatic heterocycles. The standard InChI is InChI=1S/C17H12Br2N2O3/c1-8-2-4-9(5-3-8)14-17(18,19)12-6-10-11(7-13(12)21(14)24)16(23)20-15(10)22/h2-7,14,21H,1H3,(H,20,22,23). The van der Waals surface area contributed by atoms with E-state index in [1.54, 1.807) is 6.07 Å². The van der Waals surface area contributed by atoms with Gasteiger partial charge >= 0.3 is 0 Å². The zero-order valence-electron chi connectivity index (χ0n) is 12.5. The molecule has 7 heteroatoms. The Bertz CT molecular complexity index is 893. The molecule has 0 fully saturated rings. The summed E-state index contributed by atoms with van der Waals surface area (Å²) in [7, 11) is 0. The van der Waals surface area contributed by atoms with E-state index in [-0.39, 0.29) is 10.6 Å². The van der Waals surface area contributed by atoms with Gasteiger partial charge in [0.25, 0.3) is 11.8 Å². The van der Waals surface area contributed by atoms with E-state index in [9.17, 15) is 14.8 Å². The largest absolute Gasteiger partial charge is 0.628 e. The Labute approximate surface area is 154 Å². The van der Waals surface area contributed by atoms with Gasteiger partial charge in [-0.15, -0.1) is 0 Å². The van der Waals surface area contributed by atoms with Gasteiger partial charge in [0.05, 0.1) is 11.1 Å². The van der Waals surface area contributed by atoms with Crippen LogP contribution in [0.3, 0.4) is 0 Å². The first kappa shape index (κ1) is 16.0. The number of quaternary nitrogens is 1. The van der Waals surface area contributed by atoms with Gasteiger partial charge in [-0.2, -0.15) is 0 Å². The first-order valence-corrected chi connectivity index (χ1v) is 8.92. The highest BCUT2D eigenvalue weighted by Gasteiger charge is 2.52. The molecule has 122 valence electrons. The van der Waals surface area contributed by atoms with Gasteiger partial charge in [0.15, 0.2) is 3.23 Å². The minimum absolute atomic E-state index is 0.0856. The van der Waals surface area contributed by atoms with Gasteiger partial charge in [0.1, 0.15) is 11.7 Å². The number of halogens is 2. The van der Waals surface area contributed by atoms with Gasteiger partial charge in [-0.05, 0) is 13.0 Å². The molecule has 4 rings (SSSR count). The van der Waals surface area contributed by atoms with Crippen molar-refractivity contribution in [2.24, 2.45) is 0 Å². The number of hydroxylamine groups is 1. The summed E-state index contributed by atoms with van der Waals surface area (Å²) in [5, 5.41) is 15.2. The molecule has 2 unspecified atom stereocenters. The van der Waals surface area contributed by atoms with Crippen LogP contribution in [0.5, 0.6) is 0 Å². The number of nitrogens with one attached hydrogen (secondary N) is 2. The second-order valence-corrected chi connectivity index (χ2v) is 9.62. The van der Waals surface area contributed by atoms with Crippen molar-refractivity contribution in [1.29, 1.82) is 0 Å². The summed E-state index contributed by atoms with van der Waals surface area (Å²) in [4.78, 5) is 23.8. The fourth-order valence-corrected chi connectivity index (χ4v) is 4.89. The average molecular weight is 452 g/mol. The molecule has 0 saturated heterocycles. The number of aryl methyl sites for hydroxylation is 1. The number of carbonyl (C=O) groups excluding carboxylic acids is 2. The maximum atomic E-state index is 13.0. The molecular formula is C17H12Br2N2O3. The van der Waals surface area contributed by atoms with Crippen LogP contribution in [0.15, 0.2) is 36.4 Å². The van der Waals surface area contributed by atoms with Crippen molar-refractivity contribution < 1.29 is 14.7 Å². The highest BCUT2D eigenvalue weighted by Crippen LogP contribution is 2.53. The number of fused-ring (bicyclic) bond motifs is 2. The Morgan fingerprint density at radius 3 is 2.29 bits per heavy atom. The highest BCUT2D eigenvalue weighted by molar-refractivity contribution is 9.24. The summed E-state index contributed by atoms with van der Waals surface area (Å²) < 4.78 is -0.817. The summed E-state index contributed by atoms with van der Waals surface area (Å²) in [5.74, 6) is -0.890. The van der Waals surface area contributed by atoms with Crippen LogP contribution >= 0.6 is 31.9 Å². The normalized spacial score (nSPS) is 23.8. The molecule has 0 spiro atoms. The Balaban J connectivity index is 1.89. The van der Waals surface area contributed by atoms with Crippen LogP contribution < -0.4 is 10.4 Å². The van der Waals surface area contributed by atoms with Gasteiger partial charge in [-0.1, -0.05) is 61.7 Å². The predicted octanol–water partition coefficient (Wildman–Crippen LogP) is 2.59. The Morgan fingerprint density at radius 2 is 1.67 bits per heavy atom. The van der Waals surface area contributed by atoms with Gasteiger partial charge in [-0.25, -0.2) is 0 Å². The summed E-state index contributed by atoms with van der Waals surface area (Å²) in [6.07, 6.45) is 0. The summed E-state index contributed by atoms with van der Waals surface area (Å²) in [5.41, 5.74) is 3.66.